The van der Waals surface area contributed by atoms with Crippen molar-refractivity contribution in [3.05, 3.63) is 0 Å². The third-order valence-corrected chi connectivity index (χ3v) is 15.4. The van der Waals surface area contributed by atoms with Crippen LogP contribution < -0.4 is 0 Å². The zero-order valence-electron chi connectivity index (χ0n) is 19.9. The van der Waals surface area contributed by atoms with Crippen LogP contribution in [0.4, 0.5) is 0 Å². The summed E-state index contributed by atoms with van der Waals surface area (Å²) >= 11 is 0. The zero-order valence-corrected chi connectivity index (χ0v) is 21.9. The molecular formula is C21H46O3Si2. The van der Waals surface area contributed by atoms with Gasteiger partial charge in [0.1, 0.15) is 6.10 Å². The second-order valence-corrected chi connectivity index (χ2v) is 21.1. The van der Waals surface area contributed by atoms with Crippen LogP contribution in [0.3, 0.4) is 0 Å². The Bertz CT molecular complexity index is 469. The van der Waals surface area contributed by atoms with E-state index in [-0.39, 0.29) is 27.9 Å². The number of rotatable bonds is 9. The van der Waals surface area contributed by atoms with Crippen molar-refractivity contribution in [1.82, 2.24) is 0 Å². The summed E-state index contributed by atoms with van der Waals surface area (Å²) in [6, 6.07) is 0. The van der Waals surface area contributed by atoms with E-state index in [1.807, 2.05) is 0 Å². The summed E-state index contributed by atoms with van der Waals surface area (Å²) in [6.45, 7) is 28.8. The number of ketones is 1. The summed E-state index contributed by atoms with van der Waals surface area (Å²) in [6.07, 6.45) is 1.62. The van der Waals surface area contributed by atoms with Crippen LogP contribution in [0.25, 0.3) is 0 Å². The van der Waals surface area contributed by atoms with Crippen LogP contribution in [0.15, 0.2) is 0 Å². The summed E-state index contributed by atoms with van der Waals surface area (Å²) in [4.78, 5) is 13.2. The highest BCUT2D eigenvalue weighted by Crippen LogP contribution is 2.41. The molecule has 0 unspecified atom stereocenters. The van der Waals surface area contributed by atoms with Crippen molar-refractivity contribution in [2.24, 2.45) is 5.41 Å². The van der Waals surface area contributed by atoms with Gasteiger partial charge in [-0.15, -0.1) is 0 Å². The average molecular weight is 403 g/mol. The second-order valence-electron chi connectivity index (χ2n) is 11.5. The molecule has 156 valence electrons. The molecule has 3 nitrogen and oxygen atoms in total. The number of hydrogen-bond donors (Lipinski definition) is 0. The second kappa shape index (κ2) is 8.58. The molecule has 0 amide bonds. The van der Waals surface area contributed by atoms with Gasteiger partial charge in [-0.2, -0.15) is 0 Å². The smallest absolute Gasteiger partial charge is 0.193 e. The molecule has 0 N–H and O–H groups in total. The van der Waals surface area contributed by atoms with Crippen LogP contribution in [-0.2, 0) is 13.6 Å². The minimum absolute atomic E-state index is 0.0775. The lowest BCUT2D eigenvalue weighted by molar-refractivity contribution is -0.134. The number of carbonyl (C=O) groups excluding carboxylic acids is 1. The fraction of sp³-hybridized carbons (Fsp3) is 0.952. The molecule has 0 fully saturated rings. The Morgan fingerprint density at radius 2 is 1.27 bits per heavy atom. The summed E-state index contributed by atoms with van der Waals surface area (Å²) in [5.41, 5.74) is -0.182. The highest BCUT2D eigenvalue weighted by Gasteiger charge is 2.46. The Morgan fingerprint density at radius 1 is 0.846 bits per heavy atom. The van der Waals surface area contributed by atoms with Crippen molar-refractivity contribution in [3.8, 4) is 0 Å². The van der Waals surface area contributed by atoms with Crippen LogP contribution in [-0.4, -0.2) is 35.1 Å². The Labute approximate surface area is 165 Å². The summed E-state index contributed by atoms with van der Waals surface area (Å²) in [7, 11) is -4.00. The molecule has 5 heteroatoms. The maximum Gasteiger partial charge on any atom is 0.193 e. The van der Waals surface area contributed by atoms with Gasteiger partial charge in [-0.1, -0.05) is 68.7 Å². The first-order valence-corrected chi connectivity index (χ1v) is 15.9. The third kappa shape index (κ3) is 6.88. The quantitative estimate of drug-likeness (QED) is 0.398. The molecule has 0 aromatic carbocycles. The predicted molar refractivity (Wildman–Crippen MR) is 119 cm³/mol. The number of carbonyl (C=O) groups is 1. The van der Waals surface area contributed by atoms with Crippen molar-refractivity contribution in [2.75, 3.05) is 6.61 Å². The molecule has 0 rings (SSSR count). The van der Waals surface area contributed by atoms with E-state index in [0.717, 1.165) is 12.8 Å². The molecule has 0 aliphatic rings. The van der Waals surface area contributed by atoms with E-state index in [9.17, 15) is 4.79 Å². The van der Waals surface area contributed by atoms with E-state index in [0.29, 0.717) is 0 Å². The van der Waals surface area contributed by atoms with Gasteiger partial charge in [-0.25, -0.2) is 0 Å². The summed E-state index contributed by atoms with van der Waals surface area (Å²) in [5.74, 6) is 0.109. The number of hydrogen-bond acceptors (Lipinski definition) is 3. The Kier molecular flexibility index (Phi) is 8.59. The SMILES string of the molecule is CCCC(C)(C)[C@H](O[Si](C)(C)C(C)(C)C)C(=O)CO[Si](C)(C)C(C)(C)C. The predicted octanol–water partition coefficient (Wildman–Crippen LogP) is 6.79. The van der Waals surface area contributed by atoms with Gasteiger partial charge >= 0.3 is 0 Å². The van der Waals surface area contributed by atoms with E-state index in [4.69, 9.17) is 8.85 Å². The van der Waals surface area contributed by atoms with Gasteiger partial charge in [-0.05, 0) is 48.1 Å². The topological polar surface area (TPSA) is 35.5 Å². The van der Waals surface area contributed by atoms with E-state index >= 15 is 0 Å². The lowest BCUT2D eigenvalue weighted by Crippen LogP contribution is -2.52. The molecule has 0 aromatic rings. The number of Topliss-reactive ketones (excluding diaryl/α,β-unsaturated/α-hetero) is 1. The van der Waals surface area contributed by atoms with Crippen molar-refractivity contribution in [1.29, 1.82) is 0 Å². The molecule has 0 heterocycles. The van der Waals surface area contributed by atoms with Gasteiger partial charge in [0.25, 0.3) is 0 Å². The minimum Gasteiger partial charge on any atom is -0.409 e. The zero-order chi connectivity index (χ0) is 21.2. The first kappa shape index (κ1) is 26.0. The van der Waals surface area contributed by atoms with E-state index < -0.39 is 22.7 Å². The molecule has 0 aromatic heterocycles. The minimum atomic E-state index is -2.05. The van der Waals surface area contributed by atoms with E-state index in [2.05, 4.69) is 88.5 Å². The van der Waals surface area contributed by atoms with Gasteiger partial charge in [0.05, 0.1) is 6.61 Å². The first-order chi connectivity index (χ1) is 11.3. The largest absolute Gasteiger partial charge is 0.409 e. The van der Waals surface area contributed by atoms with E-state index in [1.54, 1.807) is 0 Å². The van der Waals surface area contributed by atoms with Crippen LogP contribution in [0, 0.1) is 5.41 Å². The van der Waals surface area contributed by atoms with Gasteiger partial charge in [0, 0.05) is 0 Å². The fourth-order valence-electron chi connectivity index (χ4n) is 2.45. The maximum atomic E-state index is 13.2. The standard InChI is InChI=1S/C21H46O3Si2/c1-14-15-21(8,9)18(24-26(12,13)20(5,6)7)17(22)16-23-25(10,11)19(2,3)4/h18H,14-16H2,1-13H3/t18-/m1/s1. The van der Waals surface area contributed by atoms with Crippen LogP contribution >= 0.6 is 0 Å². The molecule has 0 bridgehead atoms. The normalized spacial score (nSPS) is 15.9. The monoisotopic (exact) mass is 402 g/mol. The Balaban J connectivity index is 5.52. The highest BCUT2D eigenvalue weighted by atomic mass is 28.4. The third-order valence-electron chi connectivity index (χ3n) is 6.50. The first-order valence-electron chi connectivity index (χ1n) is 10.1. The van der Waals surface area contributed by atoms with Crippen molar-refractivity contribution >= 4 is 22.4 Å². The van der Waals surface area contributed by atoms with Crippen LogP contribution in [0.5, 0.6) is 0 Å². The van der Waals surface area contributed by atoms with Crippen molar-refractivity contribution in [2.45, 2.75) is 118 Å². The van der Waals surface area contributed by atoms with Gasteiger partial charge in [0.15, 0.2) is 22.4 Å². The maximum absolute atomic E-state index is 13.2. The molecule has 0 saturated heterocycles. The molecule has 0 aliphatic heterocycles. The fourth-order valence-corrected chi connectivity index (χ4v) is 4.78. The molecule has 0 radical (unpaired) electrons. The lowest BCUT2D eigenvalue weighted by atomic mass is 9.80. The van der Waals surface area contributed by atoms with Crippen LogP contribution in [0.2, 0.25) is 36.3 Å². The van der Waals surface area contributed by atoms with Gasteiger partial charge < -0.3 is 8.85 Å². The van der Waals surface area contributed by atoms with E-state index in [1.165, 1.54) is 0 Å². The molecule has 1 atom stereocenters. The van der Waals surface area contributed by atoms with Crippen LogP contribution in [0.1, 0.15) is 75.2 Å². The molecule has 0 saturated carbocycles. The lowest BCUT2D eigenvalue weighted by Gasteiger charge is -2.44. The highest BCUT2D eigenvalue weighted by molar-refractivity contribution is 6.74. The van der Waals surface area contributed by atoms with Gasteiger partial charge in [0.2, 0.25) is 0 Å². The molecule has 0 spiro atoms. The van der Waals surface area contributed by atoms with Crippen molar-refractivity contribution < 1.29 is 13.6 Å². The Morgan fingerprint density at radius 3 is 1.62 bits per heavy atom. The molecule has 26 heavy (non-hydrogen) atoms. The summed E-state index contributed by atoms with van der Waals surface area (Å²) in [5, 5.41) is 0.177. The molecule has 0 aliphatic carbocycles. The average Bonchev–Trinajstić information content (AvgIpc) is 2.39. The molecular weight excluding hydrogens is 356 g/mol. The summed E-state index contributed by atoms with van der Waals surface area (Å²) < 4.78 is 12.9. The van der Waals surface area contributed by atoms with Crippen molar-refractivity contribution in [3.63, 3.8) is 0 Å². The Hall–Kier alpha value is 0.0238. The van der Waals surface area contributed by atoms with Gasteiger partial charge in [-0.3, -0.25) is 4.79 Å².